The first kappa shape index (κ1) is 17.4. The molecule has 1 aliphatic rings. The number of benzene rings is 1. The van der Waals surface area contributed by atoms with Crippen molar-refractivity contribution in [1.29, 1.82) is 0 Å². The second-order valence-electron chi connectivity index (χ2n) is 6.50. The normalized spacial score (nSPS) is 15.2. The number of amides is 1. The summed E-state index contributed by atoms with van der Waals surface area (Å²) in [5.74, 6) is 1.25. The van der Waals surface area contributed by atoms with Crippen molar-refractivity contribution in [2.45, 2.75) is 13.0 Å². The Kier molecular flexibility index (Phi) is 6.01. The summed E-state index contributed by atoms with van der Waals surface area (Å²) in [6.45, 7) is 5.38. The molecule has 0 bridgehead atoms. The molecule has 0 saturated carbocycles. The number of nitrogens with zero attached hydrogens (tertiary/aromatic N) is 4. The molecule has 1 amide bonds. The van der Waals surface area contributed by atoms with E-state index in [1.165, 1.54) is 5.56 Å². The van der Waals surface area contributed by atoms with Crippen molar-refractivity contribution in [2.75, 3.05) is 44.7 Å². The van der Waals surface area contributed by atoms with E-state index in [9.17, 15) is 4.79 Å². The molecular weight excluding hydrogens is 312 g/mol. The van der Waals surface area contributed by atoms with E-state index in [1.54, 1.807) is 0 Å². The van der Waals surface area contributed by atoms with Gasteiger partial charge in [0.1, 0.15) is 5.82 Å². The predicted molar refractivity (Wildman–Crippen MR) is 100 cm³/mol. The fraction of sp³-hybridized carbons (Fsp3) is 0.400. The van der Waals surface area contributed by atoms with Crippen LogP contribution in [0.15, 0.2) is 54.7 Å². The number of rotatable bonds is 6. The molecule has 0 radical (unpaired) electrons. The quantitative estimate of drug-likeness (QED) is 0.810. The van der Waals surface area contributed by atoms with Crippen LogP contribution in [0.5, 0.6) is 0 Å². The van der Waals surface area contributed by atoms with Crippen LogP contribution in [0, 0.1) is 0 Å². The first-order valence-corrected chi connectivity index (χ1v) is 8.88. The molecule has 2 aromatic rings. The van der Waals surface area contributed by atoms with Gasteiger partial charge in [0.15, 0.2) is 0 Å². The van der Waals surface area contributed by atoms with Gasteiger partial charge in [-0.3, -0.25) is 9.69 Å². The number of pyridine rings is 1. The first-order valence-electron chi connectivity index (χ1n) is 8.88. The van der Waals surface area contributed by atoms with Crippen molar-refractivity contribution in [2.24, 2.45) is 0 Å². The van der Waals surface area contributed by atoms with Crippen LogP contribution >= 0.6 is 0 Å². The number of carbonyl (C=O) groups excluding carboxylic acids is 1. The molecule has 1 saturated heterocycles. The van der Waals surface area contributed by atoms with Gasteiger partial charge in [-0.15, -0.1) is 0 Å². The molecule has 3 rings (SSSR count). The molecule has 5 nitrogen and oxygen atoms in total. The summed E-state index contributed by atoms with van der Waals surface area (Å²) < 4.78 is 0. The third-order valence-corrected chi connectivity index (χ3v) is 4.68. The molecule has 0 spiro atoms. The standard InChI is InChI=1S/C20H26N4O/c1-22(17-18-7-3-2-4-8-18)20(25)10-12-23-13-15-24(16-14-23)19-9-5-6-11-21-19/h2-9,11H,10,12-17H2,1H3. The second kappa shape index (κ2) is 8.62. The molecule has 132 valence electrons. The summed E-state index contributed by atoms with van der Waals surface area (Å²) in [5.41, 5.74) is 1.17. The van der Waals surface area contributed by atoms with Crippen LogP contribution < -0.4 is 4.90 Å². The highest BCUT2D eigenvalue weighted by atomic mass is 16.2. The van der Waals surface area contributed by atoms with Crippen molar-refractivity contribution in [1.82, 2.24) is 14.8 Å². The molecule has 1 aliphatic heterocycles. The smallest absolute Gasteiger partial charge is 0.223 e. The van der Waals surface area contributed by atoms with Gasteiger partial charge in [0.05, 0.1) is 0 Å². The molecule has 2 heterocycles. The maximum atomic E-state index is 12.4. The Balaban J connectivity index is 1.40. The Morgan fingerprint density at radius 3 is 2.44 bits per heavy atom. The lowest BCUT2D eigenvalue weighted by Crippen LogP contribution is -2.47. The Labute approximate surface area is 149 Å². The van der Waals surface area contributed by atoms with Crippen molar-refractivity contribution < 1.29 is 4.79 Å². The average molecular weight is 338 g/mol. The third-order valence-electron chi connectivity index (χ3n) is 4.68. The molecule has 0 N–H and O–H groups in total. The fourth-order valence-electron chi connectivity index (χ4n) is 3.13. The van der Waals surface area contributed by atoms with Crippen molar-refractivity contribution >= 4 is 11.7 Å². The number of carbonyl (C=O) groups is 1. The first-order chi connectivity index (χ1) is 12.2. The van der Waals surface area contributed by atoms with Gasteiger partial charge < -0.3 is 9.80 Å². The Morgan fingerprint density at radius 2 is 1.76 bits per heavy atom. The maximum Gasteiger partial charge on any atom is 0.223 e. The average Bonchev–Trinajstić information content (AvgIpc) is 2.68. The van der Waals surface area contributed by atoms with Gasteiger partial charge in [-0.25, -0.2) is 4.98 Å². The fourth-order valence-corrected chi connectivity index (χ4v) is 3.13. The number of anilines is 1. The molecule has 1 aromatic carbocycles. The second-order valence-corrected chi connectivity index (χ2v) is 6.50. The largest absolute Gasteiger partial charge is 0.354 e. The summed E-state index contributed by atoms with van der Waals surface area (Å²) >= 11 is 0. The van der Waals surface area contributed by atoms with E-state index in [2.05, 4.69) is 33.0 Å². The summed E-state index contributed by atoms with van der Waals surface area (Å²) in [6.07, 6.45) is 2.41. The predicted octanol–water partition coefficient (Wildman–Crippen LogP) is 2.25. The lowest BCUT2D eigenvalue weighted by molar-refractivity contribution is -0.130. The molecule has 0 unspecified atom stereocenters. The SMILES string of the molecule is CN(Cc1ccccc1)C(=O)CCN1CCN(c2ccccn2)CC1. The lowest BCUT2D eigenvalue weighted by Gasteiger charge is -2.35. The van der Waals surface area contributed by atoms with Crippen LogP contribution in [-0.4, -0.2) is 60.5 Å². The zero-order valence-electron chi connectivity index (χ0n) is 14.8. The molecule has 1 fully saturated rings. The van der Waals surface area contributed by atoms with Crippen LogP contribution in [-0.2, 0) is 11.3 Å². The minimum atomic E-state index is 0.205. The van der Waals surface area contributed by atoms with Crippen molar-refractivity contribution in [3.63, 3.8) is 0 Å². The highest BCUT2D eigenvalue weighted by Crippen LogP contribution is 2.13. The number of hydrogen-bond acceptors (Lipinski definition) is 4. The summed E-state index contributed by atoms with van der Waals surface area (Å²) in [7, 11) is 1.88. The number of piperazine rings is 1. The summed E-state index contributed by atoms with van der Waals surface area (Å²) in [4.78, 5) is 23.3. The van der Waals surface area contributed by atoms with Crippen LogP contribution in [0.2, 0.25) is 0 Å². The molecule has 5 heteroatoms. The van der Waals surface area contributed by atoms with Crippen LogP contribution in [0.25, 0.3) is 0 Å². The van der Waals surface area contributed by atoms with Crippen molar-refractivity contribution in [3.05, 3.63) is 60.3 Å². The van der Waals surface area contributed by atoms with E-state index in [1.807, 2.05) is 48.5 Å². The highest BCUT2D eigenvalue weighted by molar-refractivity contribution is 5.76. The van der Waals surface area contributed by atoms with Gasteiger partial charge in [-0.2, -0.15) is 0 Å². The summed E-state index contributed by atoms with van der Waals surface area (Å²) in [5, 5.41) is 0. The Morgan fingerprint density at radius 1 is 1.04 bits per heavy atom. The highest BCUT2D eigenvalue weighted by Gasteiger charge is 2.19. The monoisotopic (exact) mass is 338 g/mol. The van der Waals surface area contributed by atoms with Gasteiger partial charge >= 0.3 is 0 Å². The minimum Gasteiger partial charge on any atom is -0.354 e. The van der Waals surface area contributed by atoms with Crippen LogP contribution in [0.3, 0.4) is 0 Å². The Hall–Kier alpha value is -2.40. The van der Waals surface area contributed by atoms with Crippen LogP contribution in [0.4, 0.5) is 5.82 Å². The molecular formula is C20H26N4O. The number of hydrogen-bond donors (Lipinski definition) is 0. The van der Waals surface area contributed by atoms with Gasteiger partial charge in [-0.1, -0.05) is 36.4 Å². The molecule has 0 aliphatic carbocycles. The molecule has 0 atom stereocenters. The van der Waals surface area contributed by atoms with E-state index in [-0.39, 0.29) is 5.91 Å². The van der Waals surface area contributed by atoms with Gasteiger partial charge in [0.2, 0.25) is 5.91 Å². The molecule has 25 heavy (non-hydrogen) atoms. The zero-order valence-corrected chi connectivity index (χ0v) is 14.8. The topological polar surface area (TPSA) is 39.7 Å². The van der Waals surface area contributed by atoms with E-state index >= 15 is 0 Å². The molecule has 1 aromatic heterocycles. The van der Waals surface area contributed by atoms with Gasteiger partial charge in [0.25, 0.3) is 0 Å². The minimum absolute atomic E-state index is 0.205. The van der Waals surface area contributed by atoms with E-state index < -0.39 is 0 Å². The van der Waals surface area contributed by atoms with Gasteiger partial charge in [0, 0.05) is 58.9 Å². The lowest BCUT2D eigenvalue weighted by atomic mass is 10.2. The zero-order chi connectivity index (χ0) is 17.5. The van der Waals surface area contributed by atoms with Crippen molar-refractivity contribution in [3.8, 4) is 0 Å². The Bertz CT molecular complexity index is 654. The maximum absolute atomic E-state index is 12.4. The van der Waals surface area contributed by atoms with Gasteiger partial charge in [-0.05, 0) is 17.7 Å². The number of aromatic nitrogens is 1. The van der Waals surface area contributed by atoms with E-state index in [4.69, 9.17) is 0 Å². The van der Waals surface area contributed by atoms with E-state index in [0.29, 0.717) is 13.0 Å². The van der Waals surface area contributed by atoms with E-state index in [0.717, 1.165) is 38.5 Å². The summed E-state index contributed by atoms with van der Waals surface area (Å²) in [6, 6.07) is 16.1. The third kappa shape index (κ3) is 5.03. The van der Waals surface area contributed by atoms with Crippen LogP contribution in [0.1, 0.15) is 12.0 Å².